The van der Waals surface area contributed by atoms with E-state index in [9.17, 15) is 18.0 Å². The Morgan fingerprint density at radius 3 is 2.44 bits per heavy atom. The van der Waals surface area contributed by atoms with Crippen LogP contribution in [0, 0.1) is 0 Å². The number of halogens is 1. The monoisotopic (exact) mass is 407 g/mol. The first-order valence-corrected chi connectivity index (χ1v) is 9.70. The Morgan fingerprint density at radius 1 is 1.07 bits per heavy atom. The first kappa shape index (κ1) is 20.6. The molecule has 0 heterocycles. The average Bonchev–Trinajstić information content (AvgIpc) is 2.65. The molecule has 0 aliphatic rings. The number of nitrogens with one attached hydrogen (secondary N) is 2. The van der Waals surface area contributed by atoms with E-state index in [1.54, 1.807) is 36.4 Å². The molecule has 0 bridgehead atoms. The Bertz CT molecular complexity index is 946. The lowest BCUT2D eigenvalue weighted by atomic mass is 10.2. The summed E-state index contributed by atoms with van der Waals surface area (Å²) < 4.78 is 25.3. The lowest BCUT2D eigenvalue weighted by Crippen LogP contribution is -2.46. The molecule has 0 atom stereocenters. The molecule has 2 amide bonds. The Hall–Kier alpha value is -2.68. The Labute approximate surface area is 162 Å². The van der Waals surface area contributed by atoms with Crippen molar-refractivity contribution in [3.05, 3.63) is 76.2 Å². The smallest absolute Gasteiger partial charge is 0.269 e. The van der Waals surface area contributed by atoms with E-state index >= 15 is 0 Å². The van der Waals surface area contributed by atoms with Crippen LogP contribution in [0.1, 0.15) is 15.9 Å². The van der Waals surface area contributed by atoms with Gasteiger partial charge in [-0.3, -0.25) is 20.4 Å². The highest BCUT2D eigenvalue weighted by Crippen LogP contribution is 2.10. The molecule has 0 aromatic heterocycles. The Balaban J connectivity index is 1.88. The molecular formula is C18H18ClN3O4S. The minimum atomic E-state index is -3.79. The van der Waals surface area contributed by atoms with E-state index < -0.39 is 28.4 Å². The molecular weight excluding hydrogens is 390 g/mol. The summed E-state index contributed by atoms with van der Waals surface area (Å²) in [4.78, 5) is 23.8. The number of hydrogen-bond acceptors (Lipinski definition) is 4. The second-order valence-electron chi connectivity index (χ2n) is 5.53. The van der Waals surface area contributed by atoms with Crippen molar-refractivity contribution in [2.24, 2.45) is 0 Å². The van der Waals surface area contributed by atoms with Crippen LogP contribution < -0.4 is 10.9 Å². The number of carbonyl (C=O) groups is 2. The van der Waals surface area contributed by atoms with Crippen LogP contribution in [0.5, 0.6) is 0 Å². The Morgan fingerprint density at radius 2 is 1.78 bits per heavy atom. The number of carbonyl (C=O) groups excluding carboxylic acids is 2. The summed E-state index contributed by atoms with van der Waals surface area (Å²) in [7, 11) is -2.52. The van der Waals surface area contributed by atoms with Gasteiger partial charge in [-0.25, -0.2) is 8.42 Å². The number of nitrogens with zero attached hydrogens (tertiary/aromatic N) is 1. The van der Waals surface area contributed by atoms with Gasteiger partial charge in [-0.05, 0) is 29.8 Å². The quantitative estimate of drug-likeness (QED) is 0.716. The van der Waals surface area contributed by atoms with Crippen LogP contribution in [0.15, 0.2) is 60.0 Å². The molecule has 2 aromatic carbocycles. The van der Waals surface area contributed by atoms with Crippen LogP contribution in [0.3, 0.4) is 0 Å². The van der Waals surface area contributed by atoms with E-state index in [1.807, 2.05) is 6.07 Å². The molecule has 2 N–H and O–H groups in total. The van der Waals surface area contributed by atoms with Crippen molar-refractivity contribution < 1.29 is 18.0 Å². The lowest BCUT2D eigenvalue weighted by Gasteiger charge is -2.14. The highest BCUT2D eigenvalue weighted by atomic mass is 35.5. The lowest BCUT2D eigenvalue weighted by molar-refractivity contribution is -0.121. The van der Waals surface area contributed by atoms with Crippen molar-refractivity contribution in [1.29, 1.82) is 0 Å². The van der Waals surface area contributed by atoms with Crippen LogP contribution >= 0.6 is 11.6 Å². The van der Waals surface area contributed by atoms with Crippen LogP contribution in [0.4, 0.5) is 0 Å². The summed E-state index contributed by atoms with van der Waals surface area (Å²) >= 11 is 5.80. The van der Waals surface area contributed by atoms with Crippen molar-refractivity contribution in [2.75, 3.05) is 13.6 Å². The third-order valence-electron chi connectivity index (χ3n) is 3.43. The standard InChI is InChI=1S/C18H18ClN3O4S/c1-22(27(25,26)11-10-14-6-3-2-4-7-14)13-17(23)20-21-18(24)15-8-5-9-16(19)12-15/h2-12H,13H2,1H3,(H,20,23)(H,21,24)/b11-10+. The predicted molar refractivity (Wildman–Crippen MR) is 104 cm³/mol. The summed E-state index contributed by atoms with van der Waals surface area (Å²) in [5, 5.41) is 1.39. The fourth-order valence-electron chi connectivity index (χ4n) is 1.99. The van der Waals surface area contributed by atoms with Crippen molar-refractivity contribution in [1.82, 2.24) is 15.2 Å². The molecule has 0 unspecified atom stereocenters. The van der Waals surface area contributed by atoms with E-state index in [-0.39, 0.29) is 5.56 Å². The van der Waals surface area contributed by atoms with Gasteiger partial charge >= 0.3 is 0 Å². The molecule has 9 heteroatoms. The van der Waals surface area contributed by atoms with E-state index in [4.69, 9.17) is 11.6 Å². The summed E-state index contributed by atoms with van der Waals surface area (Å²) in [6, 6.07) is 15.1. The molecule has 0 spiro atoms. The minimum absolute atomic E-state index is 0.259. The summed E-state index contributed by atoms with van der Waals surface area (Å²) in [5.74, 6) is -1.26. The molecule has 2 aromatic rings. The van der Waals surface area contributed by atoms with Crippen LogP contribution in [-0.4, -0.2) is 38.1 Å². The topological polar surface area (TPSA) is 95.6 Å². The van der Waals surface area contributed by atoms with E-state index in [0.29, 0.717) is 10.6 Å². The maximum absolute atomic E-state index is 12.2. The van der Waals surface area contributed by atoms with Crippen molar-refractivity contribution in [2.45, 2.75) is 0 Å². The number of rotatable bonds is 6. The van der Waals surface area contributed by atoms with Gasteiger partial charge < -0.3 is 0 Å². The largest absolute Gasteiger partial charge is 0.272 e. The zero-order chi connectivity index (χ0) is 19.9. The molecule has 0 saturated heterocycles. The van der Waals surface area contributed by atoms with Gasteiger partial charge in [0, 0.05) is 23.0 Å². The van der Waals surface area contributed by atoms with Crippen molar-refractivity contribution >= 4 is 39.5 Å². The molecule has 0 aliphatic carbocycles. The highest BCUT2D eigenvalue weighted by Gasteiger charge is 2.18. The van der Waals surface area contributed by atoms with E-state index in [1.165, 1.54) is 25.3 Å². The van der Waals surface area contributed by atoms with Gasteiger partial charge in [0.2, 0.25) is 10.0 Å². The Kier molecular flexibility index (Phi) is 7.12. The molecule has 27 heavy (non-hydrogen) atoms. The molecule has 7 nitrogen and oxygen atoms in total. The van der Waals surface area contributed by atoms with E-state index in [0.717, 1.165) is 9.71 Å². The number of hydrazine groups is 1. The van der Waals surface area contributed by atoms with Gasteiger partial charge in [0.25, 0.3) is 11.8 Å². The van der Waals surface area contributed by atoms with Crippen LogP contribution in [0.25, 0.3) is 6.08 Å². The van der Waals surface area contributed by atoms with Gasteiger partial charge in [-0.2, -0.15) is 4.31 Å². The second-order valence-corrected chi connectivity index (χ2v) is 7.89. The SMILES string of the molecule is CN(CC(=O)NNC(=O)c1cccc(Cl)c1)S(=O)(=O)/C=C/c1ccccc1. The first-order chi connectivity index (χ1) is 12.8. The summed E-state index contributed by atoms with van der Waals surface area (Å²) in [6.07, 6.45) is 1.44. The predicted octanol–water partition coefficient (Wildman–Crippen LogP) is 2.03. The number of hydrogen-bond donors (Lipinski definition) is 2. The first-order valence-electron chi connectivity index (χ1n) is 7.82. The third-order valence-corrected chi connectivity index (χ3v) is 5.15. The number of sulfonamides is 1. The van der Waals surface area contributed by atoms with Crippen molar-refractivity contribution in [3.8, 4) is 0 Å². The molecule has 0 fully saturated rings. The van der Waals surface area contributed by atoms with Gasteiger partial charge in [0.05, 0.1) is 6.54 Å². The maximum Gasteiger partial charge on any atom is 0.269 e. The summed E-state index contributed by atoms with van der Waals surface area (Å²) in [5.41, 5.74) is 5.34. The average molecular weight is 408 g/mol. The molecule has 0 radical (unpaired) electrons. The van der Waals surface area contributed by atoms with Gasteiger partial charge in [-0.15, -0.1) is 0 Å². The third kappa shape index (κ3) is 6.52. The minimum Gasteiger partial charge on any atom is -0.272 e. The van der Waals surface area contributed by atoms with Crippen molar-refractivity contribution in [3.63, 3.8) is 0 Å². The normalized spacial score (nSPS) is 11.5. The highest BCUT2D eigenvalue weighted by molar-refractivity contribution is 7.92. The van der Waals surface area contributed by atoms with E-state index in [2.05, 4.69) is 10.9 Å². The molecule has 2 rings (SSSR count). The fraction of sp³-hybridized carbons (Fsp3) is 0.111. The second kappa shape index (κ2) is 9.31. The van der Waals surface area contributed by atoms with Gasteiger partial charge in [0.1, 0.15) is 0 Å². The molecule has 0 aliphatic heterocycles. The van der Waals surface area contributed by atoms with Crippen LogP contribution in [-0.2, 0) is 14.8 Å². The fourth-order valence-corrected chi connectivity index (χ4v) is 3.02. The number of benzene rings is 2. The zero-order valence-corrected chi connectivity index (χ0v) is 16.0. The number of amides is 2. The maximum atomic E-state index is 12.2. The van der Waals surface area contributed by atoms with Crippen LogP contribution in [0.2, 0.25) is 5.02 Å². The zero-order valence-electron chi connectivity index (χ0n) is 14.4. The molecule has 0 saturated carbocycles. The summed E-state index contributed by atoms with van der Waals surface area (Å²) in [6.45, 7) is -0.461. The molecule has 142 valence electrons. The van der Waals surface area contributed by atoms with Gasteiger partial charge in [-0.1, -0.05) is 48.0 Å². The van der Waals surface area contributed by atoms with Gasteiger partial charge in [0.15, 0.2) is 0 Å². The number of likely N-dealkylation sites (N-methyl/N-ethyl adjacent to an activating group) is 1.